The second-order valence-corrected chi connectivity index (χ2v) is 6.28. The average molecular weight is 292 g/mol. The number of benzene rings is 1. The summed E-state index contributed by atoms with van der Waals surface area (Å²) in [5.41, 5.74) is 1.17. The van der Waals surface area contributed by atoms with Crippen LogP contribution in [-0.2, 0) is 11.2 Å². The van der Waals surface area contributed by atoms with Crippen molar-refractivity contribution in [1.82, 2.24) is 9.80 Å². The summed E-state index contributed by atoms with van der Waals surface area (Å²) >= 11 is 4.50. The molecule has 3 nitrogen and oxygen atoms in total. The lowest BCUT2D eigenvalue weighted by molar-refractivity contribution is -0.132. The minimum atomic E-state index is -0.233. The van der Waals surface area contributed by atoms with Crippen molar-refractivity contribution in [2.24, 2.45) is 0 Å². The topological polar surface area (TPSA) is 23.6 Å². The zero-order valence-electron chi connectivity index (χ0n) is 12.3. The summed E-state index contributed by atoms with van der Waals surface area (Å²) in [4.78, 5) is 16.8. The lowest BCUT2D eigenvalue weighted by Gasteiger charge is -2.37. The van der Waals surface area contributed by atoms with E-state index >= 15 is 0 Å². The Morgan fingerprint density at radius 1 is 1.15 bits per heavy atom. The summed E-state index contributed by atoms with van der Waals surface area (Å²) in [6.07, 6.45) is 0.702. The number of hydrogen-bond acceptors (Lipinski definition) is 3. The third-order valence-corrected chi connectivity index (χ3v) is 4.32. The Bertz CT molecular complexity index is 427. The lowest BCUT2D eigenvalue weighted by Crippen LogP contribution is -2.52. The summed E-state index contributed by atoms with van der Waals surface area (Å²) in [7, 11) is 0. The molecule has 1 saturated heterocycles. The largest absolute Gasteiger partial charge is 0.339 e. The SMILES string of the molecule is CC(C)N1CCN(C(=O)C(S)Cc2ccccc2)CC1. The fourth-order valence-electron chi connectivity index (χ4n) is 2.59. The van der Waals surface area contributed by atoms with Gasteiger partial charge in [-0.05, 0) is 25.8 Å². The number of rotatable bonds is 4. The number of amides is 1. The highest BCUT2D eigenvalue weighted by molar-refractivity contribution is 7.81. The monoisotopic (exact) mass is 292 g/mol. The quantitative estimate of drug-likeness (QED) is 0.859. The molecular weight excluding hydrogens is 268 g/mol. The van der Waals surface area contributed by atoms with Crippen LogP contribution in [0.3, 0.4) is 0 Å². The van der Waals surface area contributed by atoms with Crippen LogP contribution in [0.1, 0.15) is 19.4 Å². The molecule has 0 N–H and O–H groups in total. The van der Waals surface area contributed by atoms with Gasteiger partial charge in [0, 0.05) is 32.2 Å². The molecule has 1 aliphatic heterocycles. The molecule has 2 rings (SSSR count). The molecule has 0 spiro atoms. The fraction of sp³-hybridized carbons (Fsp3) is 0.562. The van der Waals surface area contributed by atoms with Gasteiger partial charge in [0.25, 0.3) is 0 Å². The zero-order chi connectivity index (χ0) is 14.5. The number of carbonyl (C=O) groups excluding carboxylic acids is 1. The van der Waals surface area contributed by atoms with Crippen LogP contribution in [0.4, 0.5) is 0 Å². The molecule has 0 saturated carbocycles. The van der Waals surface area contributed by atoms with E-state index in [2.05, 4.69) is 31.4 Å². The van der Waals surface area contributed by atoms with Gasteiger partial charge in [0.15, 0.2) is 0 Å². The van der Waals surface area contributed by atoms with E-state index in [0.717, 1.165) is 26.2 Å². The van der Waals surface area contributed by atoms with Gasteiger partial charge in [0.2, 0.25) is 5.91 Å². The van der Waals surface area contributed by atoms with E-state index in [1.165, 1.54) is 5.56 Å². The standard InChI is InChI=1S/C16H24N2OS/c1-13(2)17-8-10-18(11-9-17)16(19)15(20)12-14-6-4-3-5-7-14/h3-7,13,15,20H,8-12H2,1-2H3. The van der Waals surface area contributed by atoms with Crippen LogP contribution >= 0.6 is 12.6 Å². The normalized spacial score (nSPS) is 18.3. The Morgan fingerprint density at radius 3 is 2.30 bits per heavy atom. The second-order valence-electron chi connectivity index (χ2n) is 5.66. The van der Waals surface area contributed by atoms with E-state index in [1.54, 1.807) is 0 Å². The van der Waals surface area contributed by atoms with Crippen LogP contribution in [0.2, 0.25) is 0 Å². The zero-order valence-corrected chi connectivity index (χ0v) is 13.2. The predicted molar refractivity (Wildman–Crippen MR) is 86.2 cm³/mol. The molecule has 4 heteroatoms. The Kier molecular flexibility index (Phi) is 5.49. The fourth-order valence-corrected chi connectivity index (χ4v) is 2.97. The van der Waals surface area contributed by atoms with Gasteiger partial charge in [0.1, 0.15) is 0 Å². The van der Waals surface area contributed by atoms with Gasteiger partial charge in [0.05, 0.1) is 5.25 Å². The summed E-state index contributed by atoms with van der Waals surface area (Å²) < 4.78 is 0. The minimum Gasteiger partial charge on any atom is -0.339 e. The molecule has 1 aromatic rings. The Morgan fingerprint density at radius 2 is 1.75 bits per heavy atom. The highest BCUT2D eigenvalue weighted by Crippen LogP contribution is 2.13. The first kappa shape index (κ1) is 15.4. The second kappa shape index (κ2) is 7.14. The molecule has 1 fully saturated rings. The van der Waals surface area contributed by atoms with Gasteiger partial charge in [-0.2, -0.15) is 12.6 Å². The van der Waals surface area contributed by atoms with Gasteiger partial charge in [-0.3, -0.25) is 9.69 Å². The van der Waals surface area contributed by atoms with E-state index in [1.807, 2.05) is 35.2 Å². The first-order chi connectivity index (χ1) is 9.58. The molecule has 1 aromatic carbocycles. The maximum Gasteiger partial charge on any atom is 0.235 e. The van der Waals surface area contributed by atoms with Gasteiger partial charge >= 0.3 is 0 Å². The van der Waals surface area contributed by atoms with Crippen molar-refractivity contribution in [3.05, 3.63) is 35.9 Å². The summed E-state index contributed by atoms with van der Waals surface area (Å²) in [5, 5.41) is -0.233. The van der Waals surface area contributed by atoms with Crippen molar-refractivity contribution in [1.29, 1.82) is 0 Å². The minimum absolute atomic E-state index is 0.167. The van der Waals surface area contributed by atoms with Crippen molar-refractivity contribution >= 4 is 18.5 Å². The molecule has 0 aliphatic carbocycles. The molecule has 110 valence electrons. The molecule has 1 atom stereocenters. The van der Waals surface area contributed by atoms with Gasteiger partial charge in [-0.1, -0.05) is 30.3 Å². The van der Waals surface area contributed by atoms with Gasteiger partial charge in [-0.15, -0.1) is 0 Å². The third-order valence-electron chi connectivity index (χ3n) is 3.91. The first-order valence-corrected chi connectivity index (χ1v) is 7.84. The lowest BCUT2D eigenvalue weighted by atomic mass is 10.1. The average Bonchev–Trinajstić information content (AvgIpc) is 2.47. The van der Waals surface area contributed by atoms with Gasteiger partial charge < -0.3 is 4.90 Å². The van der Waals surface area contributed by atoms with Crippen LogP contribution < -0.4 is 0 Å². The van der Waals surface area contributed by atoms with E-state index in [9.17, 15) is 4.79 Å². The molecule has 20 heavy (non-hydrogen) atoms. The Labute approximate surface area is 127 Å². The molecular formula is C16H24N2OS. The number of carbonyl (C=O) groups is 1. The van der Waals surface area contributed by atoms with Crippen molar-refractivity contribution in [2.45, 2.75) is 31.6 Å². The highest BCUT2D eigenvalue weighted by Gasteiger charge is 2.26. The maximum absolute atomic E-state index is 12.4. The summed E-state index contributed by atoms with van der Waals surface area (Å²) in [5.74, 6) is 0.167. The molecule has 1 heterocycles. The number of piperazine rings is 1. The van der Waals surface area contributed by atoms with E-state index in [4.69, 9.17) is 0 Å². The Hall–Kier alpha value is -1.00. The van der Waals surface area contributed by atoms with Crippen molar-refractivity contribution in [2.75, 3.05) is 26.2 Å². The predicted octanol–water partition coefficient (Wildman–Crippen LogP) is 2.08. The summed E-state index contributed by atoms with van der Waals surface area (Å²) in [6, 6.07) is 10.6. The maximum atomic E-state index is 12.4. The molecule has 0 aromatic heterocycles. The summed E-state index contributed by atoms with van der Waals surface area (Å²) in [6.45, 7) is 7.98. The molecule has 1 amide bonds. The van der Waals surface area contributed by atoms with Crippen LogP contribution in [0.25, 0.3) is 0 Å². The van der Waals surface area contributed by atoms with Crippen molar-refractivity contribution < 1.29 is 4.79 Å². The van der Waals surface area contributed by atoms with Crippen LogP contribution in [0, 0.1) is 0 Å². The van der Waals surface area contributed by atoms with E-state index in [0.29, 0.717) is 12.5 Å². The molecule has 0 bridgehead atoms. The molecule has 1 aliphatic rings. The number of thiol groups is 1. The van der Waals surface area contributed by atoms with Crippen LogP contribution in [0.15, 0.2) is 30.3 Å². The van der Waals surface area contributed by atoms with Crippen LogP contribution in [0.5, 0.6) is 0 Å². The number of hydrogen-bond donors (Lipinski definition) is 1. The smallest absolute Gasteiger partial charge is 0.235 e. The van der Waals surface area contributed by atoms with E-state index in [-0.39, 0.29) is 11.2 Å². The third kappa shape index (κ3) is 4.00. The van der Waals surface area contributed by atoms with Gasteiger partial charge in [-0.25, -0.2) is 0 Å². The molecule has 0 radical (unpaired) electrons. The number of nitrogens with zero attached hydrogens (tertiary/aromatic N) is 2. The van der Waals surface area contributed by atoms with Crippen molar-refractivity contribution in [3.8, 4) is 0 Å². The Balaban J connectivity index is 1.85. The molecule has 1 unspecified atom stereocenters. The van der Waals surface area contributed by atoms with Crippen LogP contribution in [-0.4, -0.2) is 53.2 Å². The van der Waals surface area contributed by atoms with Crippen molar-refractivity contribution in [3.63, 3.8) is 0 Å². The van der Waals surface area contributed by atoms with E-state index < -0.39 is 0 Å². The first-order valence-electron chi connectivity index (χ1n) is 7.32. The highest BCUT2D eigenvalue weighted by atomic mass is 32.1.